The summed E-state index contributed by atoms with van der Waals surface area (Å²) in [6.45, 7) is 1.41. The number of ether oxygens (including phenoxy) is 2. The summed E-state index contributed by atoms with van der Waals surface area (Å²) in [6.07, 6.45) is 6.40. The normalized spacial score (nSPS) is 10.0. The molecule has 0 fully saturated rings. The first kappa shape index (κ1) is 16.9. The number of rotatable bonds is 10. The van der Waals surface area contributed by atoms with Crippen LogP contribution in [0.1, 0.15) is 31.2 Å². The van der Waals surface area contributed by atoms with Gasteiger partial charge in [-0.15, -0.1) is 0 Å². The summed E-state index contributed by atoms with van der Waals surface area (Å²) < 4.78 is 11.3. The van der Waals surface area contributed by atoms with Crippen molar-refractivity contribution in [3.05, 3.63) is 66.6 Å². The Morgan fingerprint density at radius 2 is 1.61 bits per heavy atom. The maximum absolute atomic E-state index is 8.83. The Labute approximate surface area is 138 Å². The van der Waals surface area contributed by atoms with E-state index in [2.05, 4.69) is 12.5 Å². The fraction of sp³-hybridized carbons (Fsp3) is 0.300. The van der Waals surface area contributed by atoms with Crippen LogP contribution in [-0.2, 0) is 0 Å². The lowest BCUT2D eigenvalue weighted by atomic mass is 10.1. The number of benzene rings is 2. The number of para-hydroxylation sites is 1. The Kier molecular flexibility index (Phi) is 7.56. The van der Waals surface area contributed by atoms with E-state index in [1.54, 1.807) is 12.1 Å². The molecule has 3 nitrogen and oxygen atoms in total. The van der Waals surface area contributed by atoms with Gasteiger partial charge in [0.05, 0.1) is 24.8 Å². The van der Waals surface area contributed by atoms with Crippen molar-refractivity contribution in [2.24, 2.45) is 0 Å². The highest BCUT2D eigenvalue weighted by Crippen LogP contribution is 2.13. The highest BCUT2D eigenvalue weighted by atomic mass is 16.5. The largest absolute Gasteiger partial charge is 0.494 e. The molecule has 0 unspecified atom stereocenters. The van der Waals surface area contributed by atoms with Crippen LogP contribution in [0.3, 0.4) is 0 Å². The van der Waals surface area contributed by atoms with Crippen molar-refractivity contribution < 1.29 is 9.47 Å². The second-order valence-corrected chi connectivity index (χ2v) is 5.22. The van der Waals surface area contributed by atoms with Gasteiger partial charge in [0, 0.05) is 0 Å². The first-order chi connectivity index (χ1) is 11.4. The molecule has 0 aromatic heterocycles. The van der Waals surface area contributed by atoms with Crippen molar-refractivity contribution in [1.29, 1.82) is 5.26 Å². The molecule has 0 bridgehead atoms. The Balaban J connectivity index is 1.46. The summed E-state index contributed by atoms with van der Waals surface area (Å²) in [5, 5.41) is 8.83. The molecule has 119 valence electrons. The van der Waals surface area contributed by atoms with Crippen molar-refractivity contribution in [2.45, 2.75) is 25.7 Å². The van der Waals surface area contributed by atoms with E-state index in [4.69, 9.17) is 14.7 Å². The van der Waals surface area contributed by atoms with Crippen molar-refractivity contribution in [3.8, 4) is 17.6 Å². The standard InChI is InChI=1S/C20H22NO2/c21-17-18-10-9-13-20(16-18)23-15-8-3-1-2-7-14-22-19-11-5-4-6-12-19/h2,4-6,9-13,16H,1,3,7-8,14-15H2. The molecule has 0 aliphatic carbocycles. The van der Waals surface area contributed by atoms with Gasteiger partial charge in [0.25, 0.3) is 0 Å². The third-order valence-electron chi connectivity index (χ3n) is 3.37. The lowest BCUT2D eigenvalue weighted by Gasteiger charge is -2.07. The van der Waals surface area contributed by atoms with E-state index in [1.807, 2.05) is 42.5 Å². The van der Waals surface area contributed by atoms with Crippen LogP contribution in [0.15, 0.2) is 54.6 Å². The number of nitriles is 1. The van der Waals surface area contributed by atoms with E-state index < -0.39 is 0 Å². The first-order valence-corrected chi connectivity index (χ1v) is 8.01. The van der Waals surface area contributed by atoms with Gasteiger partial charge < -0.3 is 9.47 Å². The Morgan fingerprint density at radius 3 is 2.43 bits per heavy atom. The summed E-state index contributed by atoms with van der Waals surface area (Å²) in [5.74, 6) is 1.69. The van der Waals surface area contributed by atoms with Crippen LogP contribution in [0.5, 0.6) is 11.5 Å². The molecule has 0 amide bonds. The minimum atomic E-state index is 0.634. The lowest BCUT2D eigenvalue weighted by Crippen LogP contribution is -1.99. The number of unbranched alkanes of at least 4 members (excludes halogenated alkanes) is 4. The molecule has 0 spiro atoms. The second kappa shape index (κ2) is 10.3. The van der Waals surface area contributed by atoms with Gasteiger partial charge in [-0.2, -0.15) is 5.26 Å². The molecule has 2 rings (SSSR count). The molecule has 0 aliphatic heterocycles. The molecule has 0 heterocycles. The van der Waals surface area contributed by atoms with Gasteiger partial charge >= 0.3 is 0 Å². The molecule has 1 radical (unpaired) electrons. The summed E-state index contributed by atoms with van der Waals surface area (Å²) >= 11 is 0. The van der Waals surface area contributed by atoms with Crippen LogP contribution in [-0.4, -0.2) is 13.2 Å². The zero-order valence-corrected chi connectivity index (χ0v) is 13.3. The van der Waals surface area contributed by atoms with Gasteiger partial charge in [0.2, 0.25) is 0 Å². The molecule has 0 N–H and O–H groups in total. The lowest BCUT2D eigenvalue weighted by molar-refractivity contribution is 0.303. The van der Waals surface area contributed by atoms with Crippen molar-refractivity contribution in [1.82, 2.24) is 0 Å². The molecule has 23 heavy (non-hydrogen) atoms. The molecule has 2 aromatic rings. The summed E-state index contributed by atoms with van der Waals surface area (Å²) in [7, 11) is 0. The summed E-state index contributed by atoms with van der Waals surface area (Å²) in [4.78, 5) is 0. The number of hydrogen-bond acceptors (Lipinski definition) is 3. The fourth-order valence-corrected chi connectivity index (χ4v) is 2.16. The topological polar surface area (TPSA) is 42.2 Å². The van der Waals surface area contributed by atoms with E-state index in [0.29, 0.717) is 12.2 Å². The van der Waals surface area contributed by atoms with Crippen molar-refractivity contribution in [3.63, 3.8) is 0 Å². The molecule has 3 heteroatoms. The Morgan fingerprint density at radius 1 is 0.826 bits per heavy atom. The van der Waals surface area contributed by atoms with Gasteiger partial charge in [-0.05, 0) is 62.4 Å². The van der Waals surface area contributed by atoms with Crippen LogP contribution >= 0.6 is 0 Å². The maximum atomic E-state index is 8.83. The summed E-state index contributed by atoms with van der Waals surface area (Å²) in [6, 6.07) is 19.3. The van der Waals surface area contributed by atoms with Crippen LogP contribution in [0.2, 0.25) is 0 Å². The van der Waals surface area contributed by atoms with E-state index >= 15 is 0 Å². The predicted octanol–water partition coefficient (Wildman–Crippen LogP) is 4.78. The predicted molar refractivity (Wildman–Crippen MR) is 91.4 cm³/mol. The maximum Gasteiger partial charge on any atom is 0.120 e. The van der Waals surface area contributed by atoms with Crippen LogP contribution < -0.4 is 9.47 Å². The molecular formula is C20H22NO2. The smallest absolute Gasteiger partial charge is 0.120 e. The average Bonchev–Trinajstić information content (AvgIpc) is 2.61. The zero-order chi connectivity index (χ0) is 16.2. The van der Waals surface area contributed by atoms with E-state index in [9.17, 15) is 0 Å². The quantitative estimate of drug-likeness (QED) is 0.593. The van der Waals surface area contributed by atoms with E-state index in [1.165, 1.54) is 0 Å². The van der Waals surface area contributed by atoms with Crippen LogP contribution in [0.4, 0.5) is 0 Å². The van der Waals surface area contributed by atoms with Gasteiger partial charge in [0.1, 0.15) is 11.5 Å². The molecule has 0 saturated heterocycles. The molecule has 0 saturated carbocycles. The van der Waals surface area contributed by atoms with Gasteiger partial charge in [-0.25, -0.2) is 0 Å². The number of nitrogens with zero attached hydrogens (tertiary/aromatic N) is 1. The Hall–Kier alpha value is -2.47. The van der Waals surface area contributed by atoms with Crippen LogP contribution in [0, 0.1) is 17.8 Å². The minimum Gasteiger partial charge on any atom is -0.494 e. The van der Waals surface area contributed by atoms with Gasteiger partial charge in [-0.1, -0.05) is 24.3 Å². The molecule has 0 aliphatic rings. The van der Waals surface area contributed by atoms with Gasteiger partial charge in [0.15, 0.2) is 0 Å². The monoisotopic (exact) mass is 308 g/mol. The van der Waals surface area contributed by atoms with Crippen LogP contribution in [0.25, 0.3) is 0 Å². The van der Waals surface area contributed by atoms with Gasteiger partial charge in [-0.3, -0.25) is 0 Å². The number of hydrogen-bond donors (Lipinski definition) is 0. The second-order valence-electron chi connectivity index (χ2n) is 5.22. The molecule has 2 aromatic carbocycles. The molecule has 0 atom stereocenters. The molecular weight excluding hydrogens is 286 g/mol. The SMILES string of the molecule is N#Cc1cccc(OCCCC[CH]CCOc2ccccc2)c1. The summed E-state index contributed by atoms with van der Waals surface area (Å²) in [5.41, 5.74) is 0.634. The van der Waals surface area contributed by atoms with E-state index in [-0.39, 0.29) is 0 Å². The van der Waals surface area contributed by atoms with Crippen molar-refractivity contribution >= 4 is 0 Å². The van der Waals surface area contributed by atoms with E-state index in [0.717, 1.165) is 43.8 Å². The fourth-order valence-electron chi connectivity index (χ4n) is 2.16. The average molecular weight is 308 g/mol. The zero-order valence-electron chi connectivity index (χ0n) is 13.3. The first-order valence-electron chi connectivity index (χ1n) is 8.01. The highest BCUT2D eigenvalue weighted by Gasteiger charge is 1.97. The third kappa shape index (κ3) is 6.88. The Bertz CT molecular complexity index is 605. The van der Waals surface area contributed by atoms with Crippen molar-refractivity contribution in [2.75, 3.05) is 13.2 Å². The minimum absolute atomic E-state index is 0.634. The highest BCUT2D eigenvalue weighted by molar-refractivity contribution is 5.36. The third-order valence-corrected chi connectivity index (χ3v) is 3.37.